The van der Waals surface area contributed by atoms with E-state index in [1.54, 1.807) is 0 Å². The van der Waals surface area contributed by atoms with Gasteiger partial charge in [0.15, 0.2) is 0 Å². The third-order valence-corrected chi connectivity index (χ3v) is 4.34. The van der Waals surface area contributed by atoms with E-state index in [1.165, 1.54) is 37.8 Å². The molecule has 2 rings (SSSR count). The number of alkyl halides is 1. The summed E-state index contributed by atoms with van der Waals surface area (Å²) < 4.78 is 0. The van der Waals surface area contributed by atoms with Gasteiger partial charge in [0, 0.05) is 25.0 Å². The van der Waals surface area contributed by atoms with Gasteiger partial charge in [0.25, 0.3) is 0 Å². The highest BCUT2D eigenvalue weighted by molar-refractivity contribution is 6.18. The van der Waals surface area contributed by atoms with E-state index in [0.717, 1.165) is 18.3 Å². The van der Waals surface area contributed by atoms with Crippen molar-refractivity contribution in [2.75, 3.05) is 12.4 Å². The third-order valence-electron chi connectivity index (χ3n) is 3.99. The van der Waals surface area contributed by atoms with E-state index in [4.69, 9.17) is 11.6 Å². The van der Waals surface area contributed by atoms with Gasteiger partial charge in [-0.15, -0.1) is 11.6 Å². The van der Waals surface area contributed by atoms with Gasteiger partial charge in [0.2, 0.25) is 0 Å². The van der Waals surface area contributed by atoms with Crippen LogP contribution in [0, 0.1) is 5.92 Å². The minimum absolute atomic E-state index is 0.578. The summed E-state index contributed by atoms with van der Waals surface area (Å²) in [5, 5.41) is 0. The van der Waals surface area contributed by atoms with Crippen molar-refractivity contribution in [1.82, 2.24) is 4.90 Å². The number of halogens is 1. The number of unbranched alkanes of at least 4 members (excludes halogenated alkanes) is 1. The fourth-order valence-corrected chi connectivity index (χ4v) is 3.28. The molecule has 1 fully saturated rings. The lowest BCUT2D eigenvalue weighted by Gasteiger charge is -2.22. The third kappa shape index (κ3) is 3.73. The Morgan fingerprint density at radius 3 is 2.72 bits per heavy atom. The molecule has 1 heterocycles. The van der Waals surface area contributed by atoms with Crippen molar-refractivity contribution in [2.24, 2.45) is 5.92 Å². The second-order valence-corrected chi connectivity index (χ2v) is 5.78. The first-order chi connectivity index (χ1) is 8.83. The van der Waals surface area contributed by atoms with Gasteiger partial charge >= 0.3 is 0 Å². The number of nitrogens with zero attached hydrogens (tertiary/aromatic N) is 1. The quantitative estimate of drug-likeness (QED) is 0.693. The number of hydrogen-bond donors (Lipinski definition) is 0. The van der Waals surface area contributed by atoms with Crippen molar-refractivity contribution in [3.8, 4) is 0 Å². The van der Waals surface area contributed by atoms with Crippen LogP contribution in [-0.2, 0) is 6.54 Å². The molecule has 1 nitrogen and oxygen atoms in total. The Labute approximate surface area is 116 Å². The minimum atomic E-state index is 0.578. The van der Waals surface area contributed by atoms with Crippen LogP contribution in [0.5, 0.6) is 0 Å². The van der Waals surface area contributed by atoms with E-state index in [1.807, 2.05) is 0 Å². The Kier molecular flexibility index (Phi) is 5.52. The zero-order valence-corrected chi connectivity index (χ0v) is 12.1. The fourth-order valence-electron chi connectivity index (χ4n) is 2.96. The maximum atomic E-state index is 6.13. The summed E-state index contributed by atoms with van der Waals surface area (Å²) in [6.07, 6.45) is 5.32. The molecule has 1 aromatic carbocycles. The summed E-state index contributed by atoms with van der Waals surface area (Å²) in [6.45, 7) is 4.56. The highest BCUT2D eigenvalue weighted by Crippen LogP contribution is 2.29. The second kappa shape index (κ2) is 7.16. The Bertz CT molecular complexity index is 338. The first kappa shape index (κ1) is 13.9. The predicted molar refractivity (Wildman–Crippen MR) is 79.0 cm³/mol. The van der Waals surface area contributed by atoms with Gasteiger partial charge in [-0.25, -0.2) is 0 Å². The van der Waals surface area contributed by atoms with Crippen molar-refractivity contribution < 1.29 is 0 Å². The molecule has 0 amide bonds. The molecule has 0 aromatic heterocycles. The van der Waals surface area contributed by atoms with Gasteiger partial charge in [-0.3, -0.25) is 4.90 Å². The molecule has 1 aliphatic heterocycles. The Balaban J connectivity index is 1.91. The summed E-state index contributed by atoms with van der Waals surface area (Å²) in [7, 11) is 0. The lowest BCUT2D eigenvalue weighted by atomic mass is 10.00. The largest absolute Gasteiger partial charge is 0.295 e. The molecule has 100 valence electrons. The molecule has 18 heavy (non-hydrogen) atoms. The van der Waals surface area contributed by atoms with E-state index in [-0.39, 0.29) is 0 Å². The van der Waals surface area contributed by atoms with Gasteiger partial charge in [0.05, 0.1) is 0 Å². The number of hydrogen-bond acceptors (Lipinski definition) is 1. The maximum Gasteiger partial charge on any atom is 0.0379 e. The van der Waals surface area contributed by atoms with Crippen LogP contribution in [0.3, 0.4) is 0 Å². The van der Waals surface area contributed by atoms with Crippen LogP contribution in [0.4, 0.5) is 0 Å². The van der Waals surface area contributed by atoms with Crippen LogP contribution in [0.15, 0.2) is 30.3 Å². The standard InChI is InChI=1S/C16H24ClN/c1-2-3-7-15-10-16(11-17)18(13-15)12-14-8-5-4-6-9-14/h4-6,8-9,15-16H,2-3,7,10-13H2,1H3/t15-,16+/m0/s1. The smallest absolute Gasteiger partial charge is 0.0379 e. The average Bonchev–Trinajstić information content (AvgIpc) is 2.80. The van der Waals surface area contributed by atoms with Crippen molar-refractivity contribution in [2.45, 2.75) is 45.2 Å². The summed E-state index contributed by atoms with van der Waals surface area (Å²) in [5.74, 6) is 1.63. The lowest BCUT2D eigenvalue weighted by molar-refractivity contribution is 0.256. The molecule has 0 bridgehead atoms. The van der Waals surface area contributed by atoms with Gasteiger partial charge in [0.1, 0.15) is 0 Å². The van der Waals surface area contributed by atoms with Crippen LogP contribution >= 0.6 is 11.6 Å². The summed E-state index contributed by atoms with van der Waals surface area (Å²) in [6, 6.07) is 11.3. The van der Waals surface area contributed by atoms with Crippen molar-refractivity contribution in [3.05, 3.63) is 35.9 Å². The van der Waals surface area contributed by atoms with Gasteiger partial charge < -0.3 is 0 Å². The van der Waals surface area contributed by atoms with Crippen LogP contribution in [0.1, 0.15) is 38.2 Å². The summed E-state index contributed by atoms with van der Waals surface area (Å²) in [4.78, 5) is 2.57. The number of rotatable bonds is 6. The van der Waals surface area contributed by atoms with Crippen LogP contribution in [0.25, 0.3) is 0 Å². The molecule has 0 unspecified atom stereocenters. The van der Waals surface area contributed by atoms with Crippen molar-refractivity contribution in [1.29, 1.82) is 0 Å². The van der Waals surface area contributed by atoms with Gasteiger partial charge in [-0.1, -0.05) is 50.1 Å². The molecular weight excluding hydrogens is 242 g/mol. The lowest BCUT2D eigenvalue weighted by Crippen LogP contribution is -2.30. The van der Waals surface area contributed by atoms with E-state index < -0.39 is 0 Å². The Morgan fingerprint density at radius 1 is 1.28 bits per heavy atom. The minimum Gasteiger partial charge on any atom is -0.295 e. The van der Waals surface area contributed by atoms with Crippen molar-refractivity contribution >= 4 is 11.6 Å². The first-order valence-corrected chi connectivity index (χ1v) is 7.71. The molecule has 0 N–H and O–H groups in total. The highest BCUT2D eigenvalue weighted by Gasteiger charge is 2.30. The van der Waals surface area contributed by atoms with Crippen molar-refractivity contribution in [3.63, 3.8) is 0 Å². The van der Waals surface area contributed by atoms with Crippen LogP contribution in [-0.4, -0.2) is 23.4 Å². The highest BCUT2D eigenvalue weighted by atomic mass is 35.5. The molecule has 0 spiro atoms. The molecule has 0 aliphatic carbocycles. The Hall–Kier alpha value is -0.530. The van der Waals surface area contributed by atoms with Crippen LogP contribution < -0.4 is 0 Å². The normalized spacial score (nSPS) is 24.6. The zero-order valence-electron chi connectivity index (χ0n) is 11.3. The van der Waals surface area contributed by atoms with E-state index in [0.29, 0.717) is 6.04 Å². The molecule has 1 aromatic rings. The molecule has 0 saturated carbocycles. The molecule has 2 heteroatoms. The molecule has 1 saturated heterocycles. The van der Waals surface area contributed by atoms with Gasteiger partial charge in [-0.05, 0) is 24.3 Å². The monoisotopic (exact) mass is 265 g/mol. The number of benzene rings is 1. The molecule has 2 atom stereocenters. The molecular formula is C16H24ClN. The van der Waals surface area contributed by atoms with E-state index in [2.05, 4.69) is 42.2 Å². The molecule has 0 radical (unpaired) electrons. The fraction of sp³-hybridized carbons (Fsp3) is 0.625. The zero-order chi connectivity index (χ0) is 12.8. The SMILES string of the molecule is CCCC[C@H]1C[C@H](CCl)N(Cc2ccccc2)C1. The van der Waals surface area contributed by atoms with Crippen LogP contribution in [0.2, 0.25) is 0 Å². The summed E-state index contributed by atoms with van der Waals surface area (Å²) in [5.41, 5.74) is 1.41. The van der Waals surface area contributed by atoms with E-state index >= 15 is 0 Å². The Morgan fingerprint density at radius 2 is 2.06 bits per heavy atom. The van der Waals surface area contributed by atoms with Gasteiger partial charge in [-0.2, -0.15) is 0 Å². The molecule has 1 aliphatic rings. The second-order valence-electron chi connectivity index (χ2n) is 5.47. The first-order valence-electron chi connectivity index (χ1n) is 7.17. The average molecular weight is 266 g/mol. The van der Waals surface area contributed by atoms with E-state index in [9.17, 15) is 0 Å². The topological polar surface area (TPSA) is 3.24 Å². The maximum absolute atomic E-state index is 6.13. The predicted octanol–water partition coefficient (Wildman–Crippen LogP) is 4.31. The number of likely N-dealkylation sites (tertiary alicyclic amines) is 1. The summed E-state index contributed by atoms with van der Waals surface area (Å²) >= 11 is 6.13.